The van der Waals surface area contributed by atoms with Crippen LogP contribution in [0.25, 0.3) is 22.2 Å². The average molecular weight is 439 g/mol. The lowest BCUT2D eigenvalue weighted by Gasteiger charge is -2.08. The zero-order valence-corrected chi connectivity index (χ0v) is 16.4. The minimum Gasteiger partial charge on any atom is -0.309 e. The summed E-state index contributed by atoms with van der Waals surface area (Å²) in [5, 5.41) is 7.15. The highest BCUT2D eigenvalue weighted by molar-refractivity contribution is 9.10. The van der Waals surface area contributed by atoms with Crippen LogP contribution in [-0.2, 0) is 18.4 Å². The molecule has 0 unspecified atom stereocenters. The Hall–Kier alpha value is -3.33. The van der Waals surface area contributed by atoms with Gasteiger partial charge in [0.1, 0.15) is 28.7 Å². The summed E-state index contributed by atoms with van der Waals surface area (Å²) in [7, 11) is 1.70. The van der Waals surface area contributed by atoms with Gasteiger partial charge < -0.3 is 5.32 Å². The maximum absolute atomic E-state index is 12.6. The van der Waals surface area contributed by atoms with Crippen LogP contribution in [0.15, 0.2) is 64.4 Å². The predicted octanol–water partition coefficient (Wildman–Crippen LogP) is 2.59. The average Bonchev–Trinajstić information content (AvgIpc) is 2.99. The number of aromatic nitrogens is 5. The fourth-order valence-electron chi connectivity index (χ4n) is 2.85. The van der Waals surface area contributed by atoms with Crippen molar-refractivity contribution in [1.29, 1.82) is 0 Å². The van der Waals surface area contributed by atoms with Gasteiger partial charge in [0.2, 0.25) is 5.91 Å². The van der Waals surface area contributed by atoms with E-state index in [-0.39, 0.29) is 18.0 Å². The Labute approximate surface area is 168 Å². The van der Waals surface area contributed by atoms with Crippen molar-refractivity contribution in [2.24, 2.45) is 7.05 Å². The smallest absolute Gasteiger partial charge is 0.266 e. The molecule has 28 heavy (non-hydrogen) atoms. The van der Waals surface area contributed by atoms with Crippen molar-refractivity contribution in [3.8, 4) is 11.1 Å². The third-order valence-electron chi connectivity index (χ3n) is 4.22. The third-order valence-corrected chi connectivity index (χ3v) is 4.78. The SMILES string of the molecule is Cn1nc(Br)c2c(=O)n(CC(=O)Nc3ccc(-c4ccccc4)cn3)cnc21. The van der Waals surface area contributed by atoms with Crippen LogP contribution in [0.2, 0.25) is 0 Å². The van der Waals surface area contributed by atoms with Crippen molar-refractivity contribution in [2.45, 2.75) is 6.54 Å². The van der Waals surface area contributed by atoms with Gasteiger partial charge in [0, 0.05) is 18.8 Å². The molecule has 140 valence electrons. The van der Waals surface area contributed by atoms with Gasteiger partial charge in [-0.25, -0.2) is 14.6 Å². The Balaban J connectivity index is 1.50. The quantitative estimate of drug-likeness (QED) is 0.528. The summed E-state index contributed by atoms with van der Waals surface area (Å²) >= 11 is 3.25. The fraction of sp³-hybridized carbons (Fsp3) is 0.105. The molecule has 9 heteroatoms. The highest BCUT2D eigenvalue weighted by Gasteiger charge is 2.15. The number of carbonyl (C=O) groups is 1. The van der Waals surface area contributed by atoms with Gasteiger partial charge in [-0.1, -0.05) is 30.3 Å². The van der Waals surface area contributed by atoms with Crippen LogP contribution < -0.4 is 10.9 Å². The first kappa shape index (κ1) is 18.1. The highest BCUT2D eigenvalue weighted by Crippen LogP contribution is 2.19. The Morgan fingerprint density at radius 2 is 1.89 bits per heavy atom. The van der Waals surface area contributed by atoms with Gasteiger partial charge in [0.05, 0.1) is 0 Å². The molecule has 0 atom stereocenters. The number of rotatable bonds is 4. The number of carbonyl (C=O) groups excluding carboxylic acids is 1. The molecule has 4 aromatic rings. The number of nitrogens with one attached hydrogen (secondary N) is 1. The van der Waals surface area contributed by atoms with Gasteiger partial charge >= 0.3 is 0 Å². The number of anilines is 1. The number of nitrogens with zero attached hydrogens (tertiary/aromatic N) is 5. The number of hydrogen-bond acceptors (Lipinski definition) is 5. The molecule has 0 radical (unpaired) electrons. The van der Waals surface area contributed by atoms with Crippen molar-refractivity contribution in [1.82, 2.24) is 24.3 Å². The van der Waals surface area contributed by atoms with Crippen LogP contribution in [0, 0.1) is 0 Å². The monoisotopic (exact) mass is 438 g/mol. The largest absolute Gasteiger partial charge is 0.309 e. The summed E-state index contributed by atoms with van der Waals surface area (Å²) in [6.07, 6.45) is 3.03. The molecule has 3 heterocycles. The molecule has 3 aromatic heterocycles. The van der Waals surface area contributed by atoms with E-state index in [0.717, 1.165) is 11.1 Å². The van der Waals surface area contributed by atoms with Gasteiger partial charge in [-0.3, -0.25) is 14.2 Å². The minimum atomic E-state index is -0.372. The first-order valence-electron chi connectivity index (χ1n) is 8.42. The lowest BCUT2D eigenvalue weighted by atomic mass is 10.1. The van der Waals surface area contributed by atoms with Crippen molar-refractivity contribution in [3.63, 3.8) is 0 Å². The van der Waals surface area contributed by atoms with E-state index < -0.39 is 0 Å². The molecular formula is C19H15BrN6O2. The molecule has 0 spiro atoms. The highest BCUT2D eigenvalue weighted by atomic mass is 79.9. The number of aryl methyl sites for hydroxylation is 1. The number of halogens is 1. The molecule has 0 saturated carbocycles. The molecule has 0 aliphatic carbocycles. The number of fused-ring (bicyclic) bond motifs is 1. The summed E-state index contributed by atoms with van der Waals surface area (Å²) < 4.78 is 3.14. The lowest BCUT2D eigenvalue weighted by molar-refractivity contribution is -0.116. The van der Waals surface area contributed by atoms with E-state index in [2.05, 4.69) is 36.3 Å². The van der Waals surface area contributed by atoms with Crippen LogP contribution in [-0.4, -0.2) is 30.2 Å². The van der Waals surface area contributed by atoms with Crippen molar-refractivity contribution >= 4 is 38.7 Å². The fourth-order valence-corrected chi connectivity index (χ4v) is 3.44. The maximum atomic E-state index is 12.6. The zero-order valence-electron chi connectivity index (χ0n) is 14.8. The number of hydrogen-bond donors (Lipinski definition) is 1. The first-order valence-corrected chi connectivity index (χ1v) is 9.21. The van der Waals surface area contributed by atoms with Gasteiger partial charge in [-0.15, -0.1) is 0 Å². The molecule has 4 rings (SSSR count). The lowest BCUT2D eigenvalue weighted by Crippen LogP contribution is -2.28. The Morgan fingerprint density at radius 1 is 1.11 bits per heavy atom. The van der Waals surface area contributed by atoms with E-state index in [4.69, 9.17) is 0 Å². The first-order chi connectivity index (χ1) is 13.5. The van der Waals surface area contributed by atoms with Crippen LogP contribution in [0.3, 0.4) is 0 Å². The second-order valence-corrected chi connectivity index (χ2v) is 6.89. The van der Waals surface area contributed by atoms with Gasteiger partial charge in [-0.2, -0.15) is 5.10 Å². The van der Waals surface area contributed by atoms with E-state index in [1.165, 1.54) is 15.6 Å². The molecule has 0 saturated heterocycles. The van der Waals surface area contributed by atoms with E-state index in [0.29, 0.717) is 21.5 Å². The Morgan fingerprint density at radius 3 is 2.61 bits per heavy atom. The molecule has 0 fully saturated rings. The number of amides is 1. The van der Waals surface area contributed by atoms with E-state index in [1.54, 1.807) is 19.3 Å². The van der Waals surface area contributed by atoms with Crippen molar-refractivity contribution in [2.75, 3.05) is 5.32 Å². The molecule has 0 bridgehead atoms. The van der Waals surface area contributed by atoms with E-state index in [1.807, 2.05) is 36.4 Å². The van der Waals surface area contributed by atoms with Gasteiger partial charge in [-0.05, 0) is 33.6 Å². The number of benzene rings is 1. The Kier molecular flexibility index (Phi) is 4.74. The summed E-state index contributed by atoms with van der Waals surface area (Å²) in [5.41, 5.74) is 2.10. The van der Waals surface area contributed by atoms with Crippen LogP contribution in [0.5, 0.6) is 0 Å². The second kappa shape index (κ2) is 7.35. The molecule has 1 aromatic carbocycles. The van der Waals surface area contributed by atoms with Gasteiger partial charge in [0.15, 0.2) is 5.65 Å². The molecule has 1 N–H and O–H groups in total. The second-order valence-electron chi connectivity index (χ2n) is 6.14. The summed E-state index contributed by atoms with van der Waals surface area (Å²) in [5.74, 6) is 0.0394. The van der Waals surface area contributed by atoms with Crippen molar-refractivity contribution < 1.29 is 4.79 Å². The third kappa shape index (κ3) is 3.44. The van der Waals surface area contributed by atoms with Crippen molar-refractivity contribution in [3.05, 3.63) is 69.9 Å². The topological polar surface area (TPSA) is 94.7 Å². The molecular weight excluding hydrogens is 424 g/mol. The normalized spacial score (nSPS) is 10.9. The minimum absolute atomic E-state index is 0.175. The summed E-state index contributed by atoms with van der Waals surface area (Å²) in [6.45, 7) is -0.175. The van der Waals surface area contributed by atoms with E-state index >= 15 is 0 Å². The molecule has 1 amide bonds. The zero-order chi connectivity index (χ0) is 19.7. The maximum Gasteiger partial charge on any atom is 0.266 e. The standard InChI is InChI=1S/C19H15BrN6O2/c1-25-18-16(17(20)24-25)19(28)26(11-22-18)10-15(27)23-14-8-7-13(9-21-14)12-5-3-2-4-6-12/h2-9,11H,10H2,1H3,(H,21,23,27). The van der Waals surface area contributed by atoms with Gasteiger partial charge in [0.25, 0.3) is 5.56 Å². The van der Waals surface area contributed by atoms with Crippen LogP contribution in [0.1, 0.15) is 0 Å². The Bertz CT molecular complexity index is 1220. The molecule has 0 aliphatic rings. The summed E-state index contributed by atoms with van der Waals surface area (Å²) in [4.78, 5) is 33.4. The number of pyridine rings is 1. The summed E-state index contributed by atoms with van der Waals surface area (Å²) in [6, 6.07) is 13.4. The predicted molar refractivity (Wildman–Crippen MR) is 109 cm³/mol. The van der Waals surface area contributed by atoms with Crippen LogP contribution >= 0.6 is 15.9 Å². The van der Waals surface area contributed by atoms with E-state index in [9.17, 15) is 9.59 Å². The molecule has 0 aliphatic heterocycles. The molecule has 8 nitrogen and oxygen atoms in total. The van der Waals surface area contributed by atoms with Crippen LogP contribution in [0.4, 0.5) is 5.82 Å².